The van der Waals surface area contributed by atoms with Crippen molar-refractivity contribution in [2.75, 3.05) is 10.6 Å². The average Bonchev–Trinajstić information content (AvgIpc) is 3.51. The molecule has 1 aromatic carbocycles. The van der Waals surface area contributed by atoms with E-state index >= 15 is 0 Å². The fraction of sp³-hybridized carbons (Fsp3) is 0.250. The van der Waals surface area contributed by atoms with Gasteiger partial charge in [0, 0.05) is 35.8 Å². The smallest absolute Gasteiger partial charge is 0.251 e. The van der Waals surface area contributed by atoms with Crippen LogP contribution in [0.3, 0.4) is 0 Å². The summed E-state index contributed by atoms with van der Waals surface area (Å²) < 4.78 is 1.88. The summed E-state index contributed by atoms with van der Waals surface area (Å²) in [5.74, 6) is 2.26. The lowest BCUT2D eigenvalue weighted by atomic mass is 9.95. The lowest BCUT2D eigenvalue weighted by Crippen LogP contribution is -2.39. The first-order valence-corrected chi connectivity index (χ1v) is 10.8. The summed E-state index contributed by atoms with van der Waals surface area (Å²) in [5.41, 5.74) is 1.51. The Kier molecular flexibility index (Phi) is 5.41. The molecule has 5 rings (SSSR count). The second kappa shape index (κ2) is 8.66. The number of carbonyl (C=O) groups excluding carboxylic acids is 1. The van der Waals surface area contributed by atoms with Crippen LogP contribution < -0.4 is 16.0 Å². The van der Waals surface area contributed by atoms with Crippen molar-refractivity contribution in [2.45, 2.75) is 31.8 Å². The number of imidazole rings is 1. The van der Waals surface area contributed by atoms with Gasteiger partial charge in [-0.05, 0) is 43.0 Å². The summed E-state index contributed by atoms with van der Waals surface area (Å²) in [7, 11) is 0. The average molecular weight is 428 g/mol. The third kappa shape index (κ3) is 4.54. The largest absolute Gasteiger partial charge is 0.367 e. The van der Waals surface area contributed by atoms with E-state index in [1.165, 1.54) is 12.8 Å². The number of benzene rings is 1. The molecule has 2 atom stereocenters. The van der Waals surface area contributed by atoms with Gasteiger partial charge < -0.3 is 16.0 Å². The molecule has 2 aliphatic rings. The zero-order valence-electron chi connectivity index (χ0n) is 17.8. The molecule has 162 valence electrons. The molecule has 0 saturated heterocycles. The first kappa shape index (κ1) is 20.0. The molecule has 0 bridgehead atoms. The topological polar surface area (TPSA) is 96.8 Å². The Morgan fingerprint density at radius 2 is 1.97 bits per heavy atom. The molecule has 0 aliphatic heterocycles. The van der Waals surface area contributed by atoms with E-state index in [-0.39, 0.29) is 17.9 Å². The number of amides is 1. The number of aromatic nitrogens is 4. The van der Waals surface area contributed by atoms with Crippen molar-refractivity contribution in [2.24, 2.45) is 5.92 Å². The molecule has 3 N–H and O–H groups in total. The maximum absolute atomic E-state index is 12.6. The van der Waals surface area contributed by atoms with Gasteiger partial charge in [-0.25, -0.2) is 15.0 Å². The Morgan fingerprint density at radius 1 is 1.12 bits per heavy atom. The van der Waals surface area contributed by atoms with Crippen molar-refractivity contribution >= 4 is 17.7 Å². The zero-order valence-corrected chi connectivity index (χ0v) is 17.8. The van der Waals surface area contributed by atoms with Crippen molar-refractivity contribution in [1.29, 1.82) is 0 Å². The van der Waals surface area contributed by atoms with E-state index in [9.17, 15) is 4.79 Å². The second-order valence-corrected chi connectivity index (χ2v) is 8.13. The molecule has 32 heavy (non-hydrogen) atoms. The standard InChI is InChI=1S/C24H25N7O/c1-16-7-8-19(13-20(16)30-23(32)17-5-3-2-4-6-17)29-24-25-11-12-31(24)22-14-21(26-15-27-22)28-18-9-10-18/h2-8,11-16,18,20H,9-10H2,1H3,(H,25,29)(H,30,32)(H,26,27,28). The van der Waals surface area contributed by atoms with Gasteiger partial charge >= 0.3 is 0 Å². The van der Waals surface area contributed by atoms with Gasteiger partial charge in [0.25, 0.3) is 5.91 Å². The van der Waals surface area contributed by atoms with Gasteiger partial charge in [-0.2, -0.15) is 0 Å². The van der Waals surface area contributed by atoms with Crippen LogP contribution in [0.25, 0.3) is 5.82 Å². The minimum Gasteiger partial charge on any atom is -0.367 e. The highest BCUT2D eigenvalue weighted by atomic mass is 16.1. The number of allylic oxidation sites excluding steroid dienone is 1. The highest BCUT2D eigenvalue weighted by Gasteiger charge is 2.22. The Balaban J connectivity index is 1.32. The molecule has 1 fully saturated rings. The predicted molar refractivity (Wildman–Crippen MR) is 124 cm³/mol. The summed E-state index contributed by atoms with van der Waals surface area (Å²) in [6.45, 7) is 2.08. The van der Waals surface area contributed by atoms with E-state index < -0.39 is 0 Å². The number of anilines is 2. The number of carbonyl (C=O) groups is 1. The zero-order chi connectivity index (χ0) is 21.9. The van der Waals surface area contributed by atoms with Crippen molar-refractivity contribution < 1.29 is 4.79 Å². The molecular weight excluding hydrogens is 402 g/mol. The maximum atomic E-state index is 12.6. The summed E-state index contributed by atoms with van der Waals surface area (Å²) >= 11 is 0. The van der Waals surface area contributed by atoms with Crippen LogP contribution in [0.4, 0.5) is 11.8 Å². The molecule has 1 saturated carbocycles. The van der Waals surface area contributed by atoms with Gasteiger partial charge in [0.1, 0.15) is 18.0 Å². The van der Waals surface area contributed by atoms with Crippen LogP contribution in [0.2, 0.25) is 0 Å². The van der Waals surface area contributed by atoms with Gasteiger partial charge in [0.2, 0.25) is 5.95 Å². The normalized spacial score (nSPS) is 19.8. The Morgan fingerprint density at radius 3 is 2.78 bits per heavy atom. The molecule has 2 heterocycles. The number of nitrogens with zero attached hydrogens (tertiary/aromatic N) is 4. The highest BCUT2D eigenvalue weighted by Crippen LogP contribution is 2.25. The molecule has 8 nitrogen and oxygen atoms in total. The number of nitrogens with one attached hydrogen (secondary N) is 3. The number of hydrogen-bond acceptors (Lipinski definition) is 6. The molecule has 2 aromatic heterocycles. The van der Waals surface area contributed by atoms with E-state index in [4.69, 9.17) is 0 Å². The Labute approximate surface area is 186 Å². The molecule has 2 aliphatic carbocycles. The lowest BCUT2D eigenvalue weighted by molar-refractivity contribution is 0.0938. The van der Waals surface area contributed by atoms with Crippen LogP contribution in [0.15, 0.2) is 79.0 Å². The number of hydrogen-bond donors (Lipinski definition) is 3. The first-order valence-electron chi connectivity index (χ1n) is 10.8. The molecular formula is C24H25N7O. The summed E-state index contributed by atoms with van der Waals surface area (Å²) in [4.78, 5) is 25.8. The van der Waals surface area contributed by atoms with Gasteiger partial charge in [-0.1, -0.05) is 31.2 Å². The van der Waals surface area contributed by atoms with E-state index in [1.54, 1.807) is 12.5 Å². The van der Waals surface area contributed by atoms with Gasteiger partial charge in [0.05, 0.1) is 6.04 Å². The van der Waals surface area contributed by atoms with Crippen LogP contribution in [0.5, 0.6) is 0 Å². The van der Waals surface area contributed by atoms with Crippen molar-refractivity contribution in [3.63, 3.8) is 0 Å². The Bertz CT molecular complexity index is 1160. The third-order valence-corrected chi connectivity index (χ3v) is 5.56. The Hall–Kier alpha value is -3.94. The van der Waals surface area contributed by atoms with Crippen LogP contribution in [-0.2, 0) is 0 Å². The molecule has 3 aromatic rings. The fourth-order valence-electron chi connectivity index (χ4n) is 3.56. The van der Waals surface area contributed by atoms with Crippen LogP contribution in [0.1, 0.15) is 30.1 Å². The lowest BCUT2D eigenvalue weighted by Gasteiger charge is -2.24. The van der Waals surface area contributed by atoms with Crippen molar-refractivity contribution in [3.8, 4) is 5.82 Å². The van der Waals surface area contributed by atoms with E-state index in [0.717, 1.165) is 17.3 Å². The predicted octanol–water partition coefficient (Wildman–Crippen LogP) is 3.54. The molecule has 0 radical (unpaired) electrons. The second-order valence-electron chi connectivity index (χ2n) is 8.13. The van der Waals surface area contributed by atoms with Crippen molar-refractivity contribution in [3.05, 3.63) is 84.6 Å². The SMILES string of the molecule is CC1C=CC(Nc2nccn2-c2cc(NC3CC3)ncn2)=CC1NC(=O)c1ccccc1. The molecule has 0 spiro atoms. The summed E-state index contributed by atoms with van der Waals surface area (Å²) in [6.07, 6.45) is 13.6. The van der Waals surface area contributed by atoms with Gasteiger partial charge in [-0.15, -0.1) is 0 Å². The van der Waals surface area contributed by atoms with Crippen molar-refractivity contribution in [1.82, 2.24) is 24.8 Å². The van der Waals surface area contributed by atoms with E-state index in [1.807, 2.05) is 59.3 Å². The highest BCUT2D eigenvalue weighted by molar-refractivity contribution is 5.94. The quantitative estimate of drug-likeness (QED) is 0.534. The minimum absolute atomic E-state index is 0.0912. The monoisotopic (exact) mass is 427 g/mol. The van der Waals surface area contributed by atoms with E-state index in [2.05, 4.69) is 43.9 Å². The molecule has 2 unspecified atom stereocenters. The summed E-state index contributed by atoms with van der Waals surface area (Å²) in [5, 5.41) is 9.86. The first-order chi connectivity index (χ1) is 15.7. The molecule has 8 heteroatoms. The third-order valence-electron chi connectivity index (χ3n) is 5.56. The summed E-state index contributed by atoms with van der Waals surface area (Å²) in [6, 6.07) is 11.5. The maximum Gasteiger partial charge on any atom is 0.251 e. The van der Waals surface area contributed by atoms with Crippen LogP contribution in [-0.4, -0.2) is 37.5 Å². The van der Waals surface area contributed by atoms with E-state index in [0.29, 0.717) is 17.6 Å². The molecule has 1 amide bonds. The number of rotatable bonds is 7. The van der Waals surface area contributed by atoms with Gasteiger partial charge in [0.15, 0.2) is 0 Å². The fourth-order valence-corrected chi connectivity index (χ4v) is 3.56. The van der Waals surface area contributed by atoms with Crippen LogP contribution >= 0.6 is 0 Å². The minimum atomic E-state index is -0.132. The van der Waals surface area contributed by atoms with Crippen LogP contribution in [0, 0.1) is 5.92 Å². The van der Waals surface area contributed by atoms with Gasteiger partial charge in [-0.3, -0.25) is 9.36 Å².